The van der Waals surface area contributed by atoms with Gasteiger partial charge in [0.2, 0.25) is 0 Å². The Morgan fingerprint density at radius 2 is 2.00 bits per heavy atom. The fraction of sp³-hybridized carbons (Fsp3) is 0.833. The molecule has 2 aliphatic rings. The Morgan fingerprint density at radius 3 is 2.62 bits per heavy atom. The first kappa shape index (κ1) is 15.5. The minimum atomic E-state index is 0.454. The number of thiazole rings is 1. The minimum Gasteiger partial charge on any atom is -0.314 e. The largest absolute Gasteiger partial charge is 0.314 e. The van der Waals surface area contributed by atoms with Crippen LogP contribution < -0.4 is 5.32 Å². The van der Waals surface area contributed by atoms with Gasteiger partial charge in [0, 0.05) is 24.0 Å². The van der Waals surface area contributed by atoms with Gasteiger partial charge in [-0.15, -0.1) is 11.3 Å². The van der Waals surface area contributed by atoms with Crippen LogP contribution in [0.1, 0.15) is 57.9 Å². The minimum absolute atomic E-state index is 0.454. The third-order valence-electron chi connectivity index (χ3n) is 5.53. The zero-order valence-electron chi connectivity index (χ0n) is 13.8. The Labute approximate surface area is 133 Å². The van der Waals surface area contributed by atoms with Crippen LogP contribution >= 0.6 is 11.3 Å². The lowest BCUT2D eigenvalue weighted by atomic mass is 9.65. The van der Waals surface area contributed by atoms with E-state index in [9.17, 15) is 0 Å². The summed E-state index contributed by atoms with van der Waals surface area (Å²) in [6.07, 6.45) is 10.2. The number of hydrogen-bond acceptors (Lipinski definition) is 3. The Balaban J connectivity index is 1.63. The molecule has 3 atom stereocenters. The van der Waals surface area contributed by atoms with E-state index in [2.05, 4.69) is 36.5 Å². The van der Waals surface area contributed by atoms with Crippen LogP contribution in [-0.4, -0.2) is 17.6 Å². The van der Waals surface area contributed by atoms with Crippen LogP contribution in [0.4, 0.5) is 0 Å². The summed E-state index contributed by atoms with van der Waals surface area (Å²) in [7, 11) is 0. The molecule has 1 aromatic heterocycles. The molecule has 1 aromatic rings. The Bertz CT molecular complexity index is 431. The van der Waals surface area contributed by atoms with Gasteiger partial charge in [-0.25, -0.2) is 4.98 Å². The Kier molecular flexibility index (Phi) is 4.70. The van der Waals surface area contributed by atoms with Gasteiger partial charge in [0.05, 0.1) is 5.01 Å². The van der Waals surface area contributed by atoms with E-state index in [1.54, 1.807) is 0 Å². The van der Waals surface area contributed by atoms with Gasteiger partial charge < -0.3 is 5.32 Å². The average molecular weight is 307 g/mol. The van der Waals surface area contributed by atoms with E-state index >= 15 is 0 Å². The number of rotatable bonds is 5. The van der Waals surface area contributed by atoms with Crippen molar-refractivity contribution in [1.29, 1.82) is 0 Å². The van der Waals surface area contributed by atoms with Crippen LogP contribution in [0.2, 0.25) is 0 Å². The summed E-state index contributed by atoms with van der Waals surface area (Å²) in [5.74, 6) is 2.55. The molecule has 0 aromatic carbocycles. The summed E-state index contributed by atoms with van der Waals surface area (Å²) in [5.41, 5.74) is 0.454. The van der Waals surface area contributed by atoms with Crippen molar-refractivity contribution in [2.45, 2.75) is 65.3 Å². The summed E-state index contributed by atoms with van der Waals surface area (Å²) >= 11 is 1.83. The molecule has 2 fully saturated rings. The monoisotopic (exact) mass is 306 g/mol. The van der Waals surface area contributed by atoms with Crippen molar-refractivity contribution in [3.8, 4) is 0 Å². The highest BCUT2D eigenvalue weighted by atomic mass is 32.1. The van der Waals surface area contributed by atoms with E-state index in [1.807, 2.05) is 17.5 Å². The summed E-state index contributed by atoms with van der Waals surface area (Å²) in [5, 5.41) is 7.23. The van der Waals surface area contributed by atoms with Crippen LogP contribution in [0, 0.1) is 23.2 Å². The molecule has 21 heavy (non-hydrogen) atoms. The molecule has 2 aliphatic carbocycles. The summed E-state index contributed by atoms with van der Waals surface area (Å²) in [6, 6.07) is 0.839. The van der Waals surface area contributed by atoms with Gasteiger partial charge in [0.15, 0.2) is 0 Å². The van der Waals surface area contributed by atoms with E-state index in [4.69, 9.17) is 0 Å². The lowest BCUT2D eigenvalue weighted by Gasteiger charge is -2.42. The summed E-state index contributed by atoms with van der Waals surface area (Å²) < 4.78 is 0. The highest BCUT2D eigenvalue weighted by Gasteiger charge is 2.36. The molecule has 0 radical (unpaired) electrons. The third-order valence-corrected chi connectivity index (χ3v) is 6.33. The van der Waals surface area contributed by atoms with E-state index in [-0.39, 0.29) is 0 Å². The highest BCUT2D eigenvalue weighted by Crippen LogP contribution is 2.44. The van der Waals surface area contributed by atoms with Crippen molar-refractivity contribution in [3.63, 3.8) is 0 Å². The van der Waals surface area contributed by atoms with Gasteiger partial charge in [-0.05, 0) is 61.8 Å². The van der Waals surface area contributed by atoms with Crippen LogP contribution in [0.15, 0.2) is 11.6 Å². The maximum atomic E-state index is 4.54. The van der Waals surface area contributed by atoms with Gasteiger partial charge in [0.25, 0.3) is 0 Å². The molecule has 118 valence electrons. The quantitative estimate of drug-likeness (QED) is 0.865. The van der Waals surface area contributed by atoms with Gasteiger partial charge in [-0.3, -0.25) is 0 Å². The molecule has 3 rings (SSSR count). The van der Waals surface area contributed by atoms with Gasteiger partial charge in [0.1, 0.15) is 0 Å². The highest BCUT2D eigenvalue weighted by molar-refractivity contribution is 7.09. The first-order valence-electron chi connectivity index (χ1n) is 8.64. The molecule has 0 aliphatic heterocycles. The first-order chi connectivity index (χ1) is 10.0. The maximum Gasteiger partial charge on any atom is 0.0927 e. The fourth-order valence-electron chi connectivity index (χ4n) is 3.82. The van der Waals surface area contributed by atoms with Crippen LogP contribution in [0.5, 0.6) is 0 Å². The topological polar surface area (TPSA) is 24.9 Å². The molecule has 0 saturated heterocycles. The zero-order chi connectivity index (χ0) is 14.9. The van der Waals surface area contributed by atoms with Crippen molar-refractivity contribution in [3.05, 3.63) is 16.6 Å². The second-order valence-corrected chi connectivity index (χ2v) is 9.19. The SMILES string of the molecule is CC(C)(C)C1CCC(CNC2CC2)C(Cc2nccs2)C1. The second-order valence-electron chi connectivity index (χ2n) is 8.21. The van der Waals surface area contributed by atoms with E-state index in [0.29, 0.717) is 5.41 Å². The smallest absolute Gasteiger partial charge is 0.0927 e. The molecule has 0 amide bonds. The molecule has 0 spiro atoms. The van der Waals surface area contributed by atoms with Crippen molar-refractivity contribution in [1.82, 2.24) is 10.3 Å². The predicted octanol–water partition coefficient (Wildman–Crippen LogP) is 4.52. The van der Waals surface area contributed by atoms with E-state index < -0.39 is 0 Å². The normalized spacial score (nSPS) is 30.5. The summed E-state index contributed by atoms with van der Waals surface area (Å²) in [6.45, 7) is 8.49. The van der Waals surface area contributed by atoms with Gasteiger partial charge >= 0.3 is 0 Å². The van der Waals surface area contributed by atoms with E-state index in [0.717, 1.165) is 23.8 Å². The van der Waals surface area contributed by atoms with Crippen LogP contribution in [0.3, 0.4) is 0 Å². The Morgan fingerprint density at radius 1 is 1.19 bits per heavy atom. The zero-order valence-corrected chi connectivity index (χ0v) is 14.6. The number of aromatic nitrogens is 1. The van der Waals surface area contributed by atoms with Crippen LogP contribution in [0.25, 0.3) is 0 Å². The standard InChI is InChI=1S/C18H30N2S/c1-18(2,3)15-5-4-13(12-20-16-6-7-16)14(10-15)11-17-19-8-9-21-17/h8-9,13-16,20H,4-7,10-12H2,1-3H3. The van der Waals surface area contributed by atoms with Gasteiger partial charge in [-0.1, -0.05) is 20.8 Å². The molecule has 3 unspecified atom stereocenters. The molecule has 1 heterocycles. The Hall–Kier alpha value is -0.410. The van der Waals surface area contributed by atoms with Crippen molar-refractivity contribution in [2.75, 3.05) is 6.54 Å². The number of nitrogens with zero attached hydrogens (tertiary/aromatic N) is 1. The van der Waals surface area contributed by atoms with E-state index in [1.165, 1.54) is 50.1 Å². The predicted molar refractivity (Wildman–Crippen MR) is 90.6 cm³/mol. The third kappa shape index (κ3) is 4.29. The number of hydrogen-bond donors (Lipinski definition) is 1. The fourth-order valence-corrected chi connectivity index (χ4v) is 4.53. The molecule has 2 saturated carbocycles. The molecular formula is C18H30N2S. The first-order valence-corrected chi connectivity index (χ1v) is 9.52. The van der Waals surface area contributed by atoms with Crippen LogP contribution in [-0.2, 0) is 6.42 Å². The summed E-state index contributed by atoms with van der Waals surface area (Å²) in [4.78, 5) is 4.54. The molecular weight excluding hydrogens is 276 g/mol. The lowest BCUT2D eigenvalue weighted by molar-refractivity contribution is 0.0969. The molecule has 2 nitrogen and oxygen atoms in total. The average Bonchev–Trinajstić information content (AvgIpc) is 3.12. The molecule has 0 bridgehead atoms. The molecule has 3 heteroatoms. The molecule has 1 N–H and O–H groups in total. The second kappa shape index (κ2) is 6.37. The number of nitrogens with one attached hydrogen (secondary N) is 1. The van der Waals surface area contributed by atoms with Crippen molar-refractivity contribution in [2.24, 2.45) is 23.2 Å². The van der Waals surface area contributed by atoms with Crippen molar-refractivity contribution >= 4 is 11.3 Å². The van der Waals surface area contributed by atoms with Gasteiger partial charge in [-0.2, -0.15) is 0 Å². The maximum absolute atomic E-state index is 4.54. The van der Waals surface area contributed by atoms with Crippen molar-refractivity contribution < 1.29 is 0 Å². The lowest BCUT2D eigenvalue weighted by Crippen LogP contribution is -2.38.